The first-order valence-electron chi connectivity index (χ1n) is 10.3. The molecule has 3 aromatic carbocycles. The first-order chi connectivity index (χ1) is 15.1. The van der Waals surface area contributed by atoms with Crippen molar-refractivity contribution in [3.05, 3.63) is 101 Å². The van der Waals surface area contributed by atoms with Gasteiger partial charge >= 0.3 is 0 Å². The van der Waals surface area contributed by atoms with Gasteiger partial charge in [0.2, 0.25) is 0 Å². The first kappa shape index (κ1) is 20.4. The van der Waals surface area contributed by atoms with E-state index in [9.17, 15) is 9.59 Å². The molecule has 0 saturated heterocycles. The molecule has 0 aromatic heterocycles. The summed E-state index contributed by atoms with van der Waals surface area (Å²) in [6.45, 7) is 4.72. The Bertz CT molecular complexity index is 1120. The number of aryl methyl sites for hydroxylation is 1. The fourth-order valence-corrected chi connectivity index (χ4v) is 3.54. The van der Waals surface area contributed by atoms with Crippen LogP contribution in [0.15, 0.2) is 84.6 Å². The smallest absolute Gasteiger partial charge is 0.278 e. The lowest BCUT2D eigenvalue weighted by molar-refractivity contribution is -0.137. The third kappa shape index (κ3) is 4.36. The maximum Gasteiger partial charge on any atom is 0.278 e. The Morgan fingerprint density at radius 1 is 0.839 bits per heavy atom. The second kappa shape index (κ2) is 8.88. The van der Waals surface area contributed by atoms with Crippen LogP contribution in [-0.4, -0.2) is 23.3 Å². The predicted molar refractivity (Wildman–Crippen MR) is 121 cm³/mol. The van der Waals surface area contributed by atoms with E-state index < -0.39 is 0 Å². The molecule has 156 valence electrons. The highest BCUT2D eigenvalue weighted by Gasteiger charge is 2.39. The minimum absolute atomic E-state index is 0.225. The molecule has 1 N–H and O–H groups in total. The fraction of sp³-hybridized carbons (Fsp3) is 0.154. The van der Waals surface area contributed by atoms with E-state index in [0.717, 1.165) is 16.9 Å². The first-order valence-corrected chi connectivity index (χ1v) is 10.3. The molecule has 0 atom stereocenters. The van der Waals surface area contributed by atoms with Gasteiger partial charge in [-0.3, -0.25) is 14.5 Å². The second-order valence-corrected chi connectivity index (χ2v) is 7.38. The van der Waals surface area contributed by atoms with Crippen LogP contribution in [0.4, 0.5) is 5.69 Å². The molecular formula is C26H24N2O3. The largest absolute Gasteiger partial charge is 0.494 e. The highest BCUT2D eigenvalue weighted by molar-refractivity contribution is 6.36. The third-order valence-electron chi connectivity index (χ3n) is 5.13. The molecule has 1 aliphatic rings. The van der Waals surface area contributed by atoms with E-state index in [1.165, 1.54) is 4.90 Å². The molecule has 0 radical (unpaired) electrons. The van der Waals surface area contributed by atoms with Crippen LogP contribution in [0.1, 0.15) is 23.6 Å². The quantitative estimate of drug-likeness (QED) is 0.567. The van der Waals surface area contributed by atoms with Crippen molar-refractivity contribution in [1.82, 2.24) is 4.90 Å². The average Bonchev–Trinajstić information content (AvgIpc) is 3.01. The summed E-state index contributed by atoms with van der Waals surface area (Å²) < 4.78 is 5.49. The van der Waals surface area contributed by atoms with Crippen LogP contribution in [0, 0.1) is 6.92 Å². The number of nitrogens with one attached hydrogen (secondary N) is 1. The van der Waals surface area contributed by atoms with Crippen molar-refractivity contribution in [3.63, 3.8) is 0 Å². The van der Waals surface area contributed by atoms with E-state index in [2.05, 4.69) is 5.32 Å². The van der Waals surface area contributed by atoms with Gasteiger partial charge in [-0.15, -0.1) is 0 Å². The van der Waals surface area contributed by atoms with Gasteiger partial charge in [0.25, 0.3) is 11.8 Å². The summed E-state index contributed by atoms with van der Waals surface area (Å²) in [6, 6.07) is 24.5. The summed E-state index contributed by atoms with van der Waals surface area (Å²) in [6.07, 6.45) is 0. The second-order valence-electron chi connectivity index (χ2n) is 7.38. The Hall–Kier alpha value is -3.86. The van der Waals surface area contributed by atoms with E-state index in [-0.39, 0.29) is 24.1 Å². The molecule has 1 heterocycles. The molecule has 0 unspecified atom stereocenters. The zero-order valence-corrected chi connectivity index (χ0v) is 17.6. The molecule has 2 amide bonds. The number of hydrogen-bond acceptors (Lipinski definition) is 4. The zero-order chi connectivity index (χ0) is 21.8. The standard InChI is InChI=1S/C26H24N2O3/c1-3-31-22-15-13-21(14-16-22)27-24-23(20-11-9-18(2)10-12-20)25(29)28(26(24)30)17-19-7-5-4-6-8-19/h4-16,27H,3,17H2,1-2H3. The van der Waals surface area contributed by atoms with Crippen molar-refractivity contribution in [2.24, 2.45) is 0 Å². The van der Waals surface area contributed by atoms with Crippen LogP contribution in [-0.2, 0) is 16.1 Å². The fourth-order valence-electron chi connectivity index (χ4n) is 3.54. The number of anilines is 1. The summed E-state index contributed by atoms with van der Waals surface area (Å²) in [7, 11) is 0. The van der Waals surface area contributed by atoms with E-state index in [0.29, 0.717) is 23.4 Å². The van der Waals surface area contributed by atoms with Crippen molar-refractivity contribution >= 4 is 23.1 Å². The Kier molecular flexibility index (Phi) is 5.85. The zero-order valence-electron chi connectivity index (χ0n) is 17.6. The van der Waals surface area contributed by atoms with Gasteiger partial charge in [0.05, 0.1) is 18.7 Å². The molecule has 0 aliphatic carbocycles. The maximum absolute atomic E-state index is 13.3. The summed E-state index contributed by atoms with van der Waals surface area (Å²) >= 11 is 0. The van der Waals surface area contributed by atoms with E-state index in [1.54, 1.807) is 0 Å². The van der Waals surface area contributed by atoms with Gasteiger partial charge in [-0.2, -0.15) is 0 Å². The lowest BCUT2D eigenvalue weighted by Gasteiger charge is -2.15. The van der Waals surface area contributed by atoms with Gasteiger partial charge in [0.15, 0.2) is 0 Å². The van der Waals surface area contributed by atoms with Crippen molar-refractivity contribution in [2.75, 3.05) is 11.9 Å². The molecule has 3 aromatic rings. The molecule has 0 saturated carbocycles. The topological polar surface area (TPSA) is 58.6 Å². The lowest BCUT2D eigenvalue weighted by Crippen LogP contribution is -2.31. The summed E-state index contributed by atoms with van der Waals surface area (Å²) in [4.78, 5) is 27.9. The minimum atomic E-state index is -0.335. The van der Waals surface area contributed by atoms with Crippen LogP contribution >= 0.6 is 0 Å². The number of rotatable bonds is 7. The summed E-state index contributed by atoms with van der Waals surface area (Å²) in [5.74, 6) is 0.116. The Morgan fingerprint density at radius 2 is 1.52 bits per heavy atom. The number of benzene rings is 3. The van der Waals surface area contributed by atoms with E-state index in [1.807, 2.05) is 92.7 Å². The summed E-state index contributed by atoms with van der Waals surface area (Å²) in [5, 5.41) is 3.18. The molecule has 5 heteroatoms. The monoisotopic (exact) mass is 412 g/mol. The molecule has 0 bridgehead atoms. The third-order valence-corrected chi connectivity index (χ3v) is 5.13. The normalized spacial score (nSPS) is 13.7. The van der Waals surface area contributed by atoms with Crippen LogP contribution < -0.4 is 10.1 Å². The van der Waals surface area contributed by atoms with Crippen molar-refractivity contribution in [3.8, 4) is 5.75 Å². The number of hydrogen-bond donors (Lipinski definition) is 1. The average molecular weight is 412 g/mol. The molecule has 1 aliphatic heterocycles. The molecule has 0 spiro atoms. The van der Waals surface area contributed by atoms with Gasteiger partial charge in [0, 0.05) is 5.69 Å². The minimum Gasteiger partial charge on any atom is -0.494 e. The van der Waals surface area contributed by atoms with Crippen LogP contribution in [0.3, 0.4) is 0 Å². The van der Waals surface area contributed by atoms with E-state index in [4.69, 9.17) is 4.74 Å². The highest BCUT2D eigenvalue weighted by atomic mass is 16.5. The van der Waals surface area contributed by atoms with Crippen molar-refractivity contribution < 1.29 is 14.3 Å². The molecule has 0 fully saturated rings. The van der Waals surface area contributed by atoms with Gasteiger partial charge in [-0.25, -0.2) is 0 Å². The Labute approximate surface area is 182 Å². The molecular weight excluding hydrogens is 388 g/mol. The van der Waals surface area contributed by atoms with Gasteiger partial charge < -0.3 is 10.1 Å². The SMILES string of the molecule is CCOc1ccc(NC2=C(c3ccc(C)cc3)C(=O)N(Cc3ccccc3)C2=O)cc1. The number of imide groups is 1. The molecule has 5 nitrogen and oxygen atoms in total. The molecule has 4 rings (SSSR count). The number of nitrogens with zero attached hydrogens (tertiary/aromatic N) is 1. The van der Waals surface area contributed by atoms with Gasteiger partial charge in [-0.1, -0.05) is 60.2 Å². The Morgan fingerprint density at radius 3 is 2.16 bits per heavy atom. The number of ether oxygens (including phenoxy) is 1. The lowest BCUT2D eigenvalue weighted by atomic mass is 10.0. The van der Waals surface area contributed by atoms with Crippen LogP contribution in [0.5, 0.6) is 5.75 Å². The number of carbonyl (C=O) groups is 2. The Balaban J connectivity index is 1.69. The van der Waals surface area contributed by atoms with Crippen LogP contribution in [0.25, 0.3) is 5.57 Å². The summed E-state index contributed by atoms with van der Waals surface area (Å²) in [5.41, 5.74) is 4.08. The van der Waals surface area contributed by atoms with Gasteiger partial charge in [0.1, 0.15) is 11.4 Å². The van der Waals surface area contributed by atoms with Crippen molar-refractivity contribution in [2.45, 2.75) is 20.4 Å². The van der Waals surface area contributed by atoms with Crippen LogP contribution in [0.2, 0.25) is 0 Å². The molecule has 31 heavy (non-hydrogen) atoms. The number of carbonyl (C=O) groups excluding carboxylic acids is 2. The highest BCUT2D eigenvalue weighted by Crippen LogP contribution is 2.32. The predicted octanol–water partition coefficient (Wildman–Crippen LogP) is 4.79. The van der Waals surface area contributed by atoms with E-state index >= 15 is 0 Å². The van der Waals surface area contributed by atoms with Crippen molar-refractivity contribution in [1.29, 1.82) is 0 Å². The number of amides is 2. The maximum atomic E-state index is 13.3. The van der Waals surface area contributed by atoms with Gasteiger partial charge in [-0.05, 0) is 49.2 Å².